The lowest BCUT2D eigenvalue weighted by molar-refractivity contribution is -0.116. The molecule has 1 atom stereocenters. The number of benzene rings is 3. The van der Waals surface area contributed by atoms with Gasteiger partial charge in [-0.05, 0) is 60.4 Å². The summed E-state index contributed by atoms with van der Waals surface area (Å²) < 4.78 is 5.94. The number of rotatable bonds is 9. The van der Waals surface area contributed by atoms with Crippen LogP contribution < -0.4 is 20.7 Å². The minimum atomic E-state index is -0.519. The van der Waals surface area contributed by atoms with E-state index in [1.807, 2.05) is 54.6 Å². The first-order valence-electron chi connectivity index (χ1n) is 13.7. The first-order chi connectivity index (χ1) is 20.4. The van der Waals surface area contributed by atoms with Crippen molar-refractivity contribution in [1.29, 1.82) is 5.26 Å². The van der Waals surface area contributed by atoms with Crippen LogP contribution in [0.1, 0.15) is 43.2 Å². The van der Waals surface area contributed by atoms with Crippen molar-refractivity contribution in [2.75, 3.05) is 16.4 Å². The van der Waals surface area contributed by atoms with Gasteiger partial charge in [-0.25, -0.2) is 0 Å². The number of carbonyl (C=O) groups is 3. The number of dihydropyridines is 1. The van der Waals surface area contributed by atoms with Crippen LogP contribution in [0, 0.1) is 11.3 Å². The van der Waals surface area contributed by atoms with Crippen molar-refractivity contribution < 1.29 is 19.1 Å². The summed E-state index contributed by atoms with van der Waals surface area (Å²) >= 11 is 1.24. The molecular weight excluding hydrogens is 548 g/mol. The Hall–Kier alpha value is -4.81. The van der Waals surface area contributed by atoms with Crippen molar-refractivity contribution >= 4 is 40.7 Å². The molecule has 3 N–H and O–H groups in total. The lowest BCUT2D eigenvalue weighted by atomic mass is 9.77. The average molecular weight is 579 g/mol. The number of hydrogen-bond acceptors (Lipinski definition) is 7. The van der Waals surface area contributed by atoms with Crippen LogP contribution in [0.3, 0.4) is 0 Å². The van der Waals surface area contributed by atoms with E-state index in [-0.39, 0.29) is 23.4 Å². The zero-order chi connectivity index (χ0) is 29.5. The van der Waals surface area contributed by atoms with E-state index >= 15 is 0 Å². The number of carbonyl (C=O) groups excluding carboxylic acids is 3. The Morgan fingerprint density at radius 1 is 0.976 bits per heavy atom. The van der Waals surface area contributed by atoms with Gasteiger partial charge in [0.15, 0.2) is 5.78 Å². The molecule has 1 heterocycles. The van der Waals surface area contributed by atoms with Crippen molar-refractivity contribution in [2.24, 2.45) is 0 Å². The van der Waals surface area contributed by atoms with Crippen LogP contribution in [-0.2, 0) is 21.0 Å². The zero-order valence-corrected chi connectivity index (χ0v) is 23.9. The topological polar surface area (TPSA) is 120 Å². The number of nitrogens with zero attached hydrogens (tertiary/aromatic N) is 1. The molecule has 8 nitrogen and oxygen atoms in total. The molecule has 42 heavy (non-hydrogen) atoms. The van der Waals surface area contributed by atoms with Gasteiger partial charge in [0.2, 0.25) is 11.8 Å². The van der Waals surface area contributed by atoms with Gasteiger partial charge in [-0.2, -0.15) is 5.26 Å². The Morgan fingerprint density at radius 3 is 2.33 bits per heavy atom. The maximum Gasteiger partial charge on any atom is 0.234 e. The van der Waals surface area contributed by atoms with E-state index in [1.54, 1.807) is 24.3 Å². The normalized spacial score (nSPS) is 16.2. The van der Waals surface area contributed by atoms with Gasteiger partial charge in [0.1, 0.15) is 12.4 Å². The smallest absolute Gasteiger partial charge is 0.234 e. The summed E-state index contributed by atoms with van der Waals surface area (Å²) in [6, 6.07) is 26.6. The summed E-state index contributed by atoms with van der Waals surface area (Å²) in [6.45, 7) is 1.87. The lowest BCUT2D eigenvalue weighted by Gasteiger charge is -2.33. The first kappa shape index (κ1) is 28.7. The number of ether oxygens (including phenoxy) is 1. The van der Waals surface area contributed by atoms with Crippen LogP contribution in [0.4, 0.5) is 11.4 Å². The number of ketones is 1. The van der Waals surface area contributed by atoms with Gasteiger partial charge in [0, 0.05) is 36.0 Å². The van der Waals surface area contributed by atoms with Gasteiger partial charge in [0.25, 0.3) is 0 Å². The number of thioether (sulfide) groups is 1. The van der Waals surface area contributed by atoms with Crippen LogP contribution in [-0.4, -0.2) is 23.4 Å². The summed E-state index contributed by atoms with van der Waals surface area (Å²) in [7, 11) is 0. The highest BCUT2D eigenvalue weighted by Crippen LogP contribution is 2.44. The van der Waals surface area contributed by atoms with Gasteiger partial charge < -0.3 is 20.7 Å². The third-order valence-corrected chi connectivity index (χ3v) is 7.98. The molecule has 0 radical (unpaired) electrons. The Morgan fingerprint density at radius 2 is 1.67 bits per heavy atom. The van der Waals surface area contributed by atoms with Gasteiger partial charge in [-0.15, -0.1) is 0 Å². The second-order valence-electron chi connectivity index (χ2n) is 10.0. The Balaban J connectivity index is 1.32. The predicted octanol–water partition coefficient (Wildman–Crippen LogP) is 6.02. The molecule has 0 bridgehead atoms. The molecule has 0 saturated carbocycles. The molecule has 2 aliphatic rings. The summed E-state index contributed by atoms with van der Waals surface area (Å²) in [4.78, 5) is 37.1. The predicted molar refractivity (Wildman–Crippen MR) is 163 cm³/mol. The largest absolute Gasteiger partial charge is 0.489 e. The minimum Gasteiger partial charge on any atom is -0.489 e. The number of nitriles is 1. The van der Waals surface area contributed by atoms with E-state index in [0.717, 1.165) is 23.2 Å². The highest BCUT2D eigenvalue weighted by atomic mass is 32.2. The van der Waals surface area contributed by atoms with E-state index in [1.165, 1.54) is 18.7 Å². The number of amides is 2. The molecule has 9 heteroatoms. The van der Waals surface area contributed by atoms with Crippen LogP contribution >= 0.6 is 11.8 Å². The minimum absolute atomic E-state index is 0.0374. The highest BCUT2D eigenvalue weighted by molar-refractivity contribution is 8.03. The lowest BCUT2D eigenvalue weighted by Crippen LogP contribution is -2.31. The number of Topliss-reactive ketones (excluding diaryl/α,β-unsaturated/α-hetero) is 1. The SMILES string of the molecule is CC(=O)Nc1ccc(NC(=O)CSC2=C(C#N)[C@H](c3ccc(OCc4ccccc4)cc3)C3=C(CCCC3=O)N2)cc1. The summed E-state index contributed by atoms with van der Waals surface area (Å²) in [6.07, 6.45) is 1.88. The molecule has 0 fully saturated rings. The van der Waals surface area contributed by atoms with E-state index in [2.05, 4.69) is 22.0 Å². The number of anilines is 2. The second-order valence-corrected chi connectivity index (χ2v) is 11.0. The van der Waals surface area contributed by atoms with Gasteiger partial charge >= 0.3 is 0 Å². The third kappa shape index (κ3) is 6.90. The average Bonchev–Trinajstić information content (AvgIpc) is 3.00. The van der Waals surface area contributed by atoms with Crippen molar-refractivity contribution in [1.82, 2.24) is 5.32 Å². The fourth-order valence-corrected chi connectivity index (χ4v) is 5.91. The molecular formula is C33H30N4O4S. The number of hydrogen-bond donors (Lipinski definition) is 3. The van der Waals surface area contributed by atoms with Gasteiger partial charge in [-0.3, -0.25) is 14.4 Å². The number of nitrogens with one attached hydrogen (secondary N) is 3. The maximum atomic E-state index is 13.1. The van der Waals surface area contributed by atoms with E-state index < -0.39 is 5.92 Å². The molecule has 0 saturated heterocycles. The monoisotopic (exact) mass is 578 g/mol. The van der Waals surface area contributed by atoms with Crippen molar-refractivity contribution in [3.8, 4) is 11.8 Å². The fraction of sp³-hybridized carbons (Fsp3) is 0.212. The summed E-state index contributed by atoms with van der Waals surface area (Å²) in [5.74, 6) is -0.136. The van der Waals surface area contributed by atoms with Crippen molar-refractivity contribution in [3.63, 3.8) is 0 Å². The van der Waals surface area contributed by atoms with Crippen LogP contribution in [0.2, 0.25) is 0 Å². The van der Waals surface area contributed by atoms with E-state index in [0.29, 0.717) is 52.7 Å². The molecule has 5 rings (SSSR count). The molecule has 0 spiro atoms. The quantitative estimate of drug-likeness (QED) is 0.284. The van der Waals surface area contributed by atoms with Gasteiger partial charge in [-0.1, -0.05) is 54.2 Å². The standard InChI is InChI=1S/C33H30N4O4S/c1-21(38)35-24-12-14-25(15-13-24)36-30(40)20-42-33-27(18-34)31(32-28(37-33)8-5-9-29(32)39)23-10-16-26(17-11-23)41-19-22-6-3-2-4-7-22/h2-4,6-7,10-17,31,37H,5,8-9,19-20H2,1H3,(H,35,38)(H,36,40)/t31-/m0/s1. The molecule has 3 aromatic rings. The molecule has 1 aliphatic carbocycles. The van der Waals surface area contributed by atoms with Crippen LogP contribution in [0.25, 0.3) is 0 Å². The molecule has 1 aliphatic heterocycles. The third-order valence-electron chi connectivity index (χ3n) is 6.96. The Bertz CT molecular complexity index is 1590. The summed E-state index contributed by atoms with van der Waals surface area (Å²) in [5.41, 5.74) is 4.98. The molecule has 2 amide bonds. The molecule has 0 aromatic heterocycles. The van der Waals surface area contributed by atoms with E-state index in [4.69, 9.17) is 4.74 Å². The maximum absolute atomic E-state index is 13.1. The Labute approximate surface area is 248 Å². The van der Waals surface area contributed by atoms with Gasteiger partial charge in [0.05, 0.1) is 28.3 Å². The van der Waals surface area contributed by atoms with Crippen LogP contribution in [0.5, 0.6) is 5.75 Å². The first-order valence-corrected chi connectivity index (χ1v) is 14.6. The van der Waals surface area contributed by atoms with Crippen molar-refractivity contribution in [2.45, 2.75) is 38.7 Å². The zero-order valence-electron chi connectivity index (χ0n) is 23.1. The number of allylic oxidation sites excluding steroid dienone is 3. The molecule has 3 aromatic carbocycles. The highest BCUT2D eigenvalue weighted by Gasteiger charge is 2.37. The van der Waals surface area contributed by atoms with Crippen LogP contribution in [0.15, 0.2) is 101 Å². The van der Waals surface area contributed by atoms with Crippen molar-refractivity contribution in [3.05, 3.63) is 112 Å². The fourth-order valence-electron chi connectivity index (χ4n) is 5.04. The molecule has 212 valence electrons. The Kier molecular flexibility index (Phi) is 9.05. The summed E-state index contributed by atoms with van der Waals surface area (Å²) in [5, 5.41) is 19.7. The van der Waals surface area contributed by atoms with E-state index in [9.17, 15) is 19.6 Å². The second kappa shape index (κ2) is 13.2. The molecule has 0 unspecified atom stereocenters.